The Morgan fingerprint density at radius 1 is 1.00 bits per heavy atom. The molecule has 98 valence electrons. The van der Waals surface area contributed by atoms with Crippen molar-refractivity contribution in [3.05, 3.63) is 0 Å². The third-order valence-electron chi connectivity index (χ3n) is 2.62. The molecule has 0 aromatic heterocycles. The molecular formula is C13H29NO2. The van der Waals surface area contributed by atoms with Crippen molar-refractivity contribution in [2.24, 2.45) is 0 Å². The molecule has 0 aromatic carbocycles. The Morgan fingerprint density at radius 2 is 1.75 bits per heavy atom. The standard InChI is InChI=1S/C13H29NO2/c1-5-8-14-13(7-3)12(4)16-11-10-15-9-6-2/h12-14H,5-11H2,1-4H3. The van der Waals surface area contributed by atoms with Crippen LogP contribution in [0.2, 0.25) is 0 Å². The van der Waals surface area contributed by atoms with Gasteiger partial charge in [-0.25, -0.2) is 0 Å². The normalized spacial score (nSPS) is 15.0. The van der Waals surface area contributed by atoms with Crippen LogP contribution in [-0.2, 0) is 9.47 Å². The van der Waals surface area contributed by atoms with Crippen LogP contribution >= 0.6 is 0 Å². The molecule has 0 heterocycles. The Morgan fingerprint density at radius 3 is 2.31 bits per heavy atom. The fourth-order valence-electron chi connectivity index (χ4n) is 1.63. The van der Waals surface area contributed by atoms with Gasteiger partial charge in [0, 0.05) is 12.6 Å². The lowest BCUT2D eigenvalue weighted by molar-refractivity contribution is -0.00350. The lowest BCUT2D eigenvalue weighted by Crippen LogP contribution is -2.40. The van der Waals surface area contributed by atoms with Crippen molar-refractivity contribution >= 4 is 0 Å². The Labute approximate surface area is 101 Å². The molecule has 0 saturated heterocycles. The van der Waals surface area contributed by atoms with E-state index >= 15 is 0 Å². The van der Waals surface area contributed by atoms with Crippen LogP contribution in [0.1, 0.15) is 47.0 Å². The number of ether oxygens (including phenoxy) is 2. The summed E-state index contributed by atoms with van der Waals surface area (Å²) in [6, 6.07) is 0.464. The number of rotatable bonds is 11. The highest BCUT2D eigenvalue weighted by Gasteiger charge is 2.14. The predicted molar refractivity (Wildman–Crippen MR) is 68.9 cm³/mol. The van der Waals surface area contributed by atoms with Gasteiger partial charge in [0.15, 0.2) is 0 Å². The molecule has 0 aliphatic rings. The third-order valence-corrected chi connectivity index (χ3v) is 2.62. The monoisotopic (exact) mass is 231 g/mol. The summed E-state index contributed by atoms with van der Waals surface area (Å²) >= 11 is 0. The molecule has 2 atom stereocenters. The summed E-state index contributed by atoms with van der Waals surface area (Å²) in [6.45, 7) is 11.9. The first-order valence-corrected chi connectivity index (χ1v) is 6.68. The Hall–Kier alpha value is -0.120. The van der Waals surface area contributed by atoms with Gasteiger partial charge in [-0.15, -0.1) is 0 Å². The largest absolute Gasteiger partial charge is 0.379 e. The molecule has 0 aliphatic carbocycles. The highest BCUT2D eigenvalue weighted by Crippen LogP contribution is 2.03. The van der Waals surface area contributed by atoms with E-state index in [-0.39, 0.29) is 6.10 Å². The average molecular weight is 231 g/mol. The van der Waals surface area contributed by atoms with E-state index < -0.39 is 0 Å². The van der Waals surface area contributed by atoms with Crippen molar-refractivity contribution in [1.29, 1.82) is 0 Å². The van der Waals surface area contributed by atoms with Crippen LogP contribution in [0.15, 0.2) is 0 Å². The SMILES string of the molecule is CCCNC(CC)C(C)OCCOCCC. The topological polar surface area (TPSA) is 30.5 Å². The van der Waals surface area contributed by atoms with Crippen molar-refractivity contribution in [3.8, 4) is 0 Å². The van der Waals surface area contributed by atoms with Gasteiger partial charge in [-0.1, -0.05) is 20.8 Å². The molecule has 0 fully saturated rings. The van der Waals surface area contributed by atoms with Gasteiger partial charge >= 0.3 is 0 Å². The van der Waals surface area contributed by atoms with E-state index in [0.717, 1.165) is 26.0 Å². The summed E-state index contributed by atoms with van der Waals surface area (Å²) in [5.74, 6) is 0. The second kappa shape index (κ2) is 11.4. The molecule has 16 heavy (non-hydrogen) atoms. The molecule has 3 nitrogen and oxygen atoms in total. The Balaban J connectivity index is 3.54. The van der Waals surface area contributed by atoms with Crippen LogP contribution in [0.25, 0.3) is 0 Å². The molecule has 0 aliphatic heterocycles. The smallest absolute Gasteiger partial charge is 0.0704 e. The maximum atomic E-state index is 5.75. The molecule has 2 unspecified atom stereocenters. The number of hydrogen-bond acceptors (Lipinski definition) is 3. The van der Waals surface area contributed by atoms with Gasteiger partial charge in [-0.3, -0.25) is 0 Å². The van der Waals surface area contributed by atoms with E-state index in [1.165, 1.54) is 6.42 Å². The predicted octanol–water partition coefficient (Wildman–Crippen LogP) is 2.60. The molecule has 1 N–H and O–H groups in total. The van der Waals surface area contributed by atoms with Crippen molar-refractivity contribution in [2.45, 2.75) is 59.1 Å². The lowest BCUT2D eigenvalue weighted by Gasteiger charge is -2.24. The summed E-state index contributed by atoms with van der Waals surface area (Å²) < 4.78 is 11.1. The summed E-state index contributed by atoms with van der Waals surface area (Å²) in [4.78, 5) is 0. The minimum Gasteiger partial charge on any atom is -0.379 e. The lowest BCUT2D eigenvalue weighted by atomic mass is 10.1. The fraction of sp³-hybridized carbons (Fsp3) is 1.00. The maximum Gasteiger partial charge on any atom is 0.0704 e. The zero-order chi connectivity index (χ0) is 12.2. The molecule has 3 heteroatoms. The zero-order valence-electron chi connectivity index (χ0n) is 11.4. The number of nitrogens with one attached hydrogen (secondary N) is 1. The molecule has 0 spiro atoms. The van der Waals surface area contributed by atoms with Crippen molar-refractivity contribution in [1.82, 2.24) is 5.32 Å². The average Bonchev–Trinajstić information content (AvgIpc) is 2.30. The minimum atomic E-state index is 0.266. The van der Waals surface area contributed by atoms with Crippen molar-refractivity contribution in [2.75, 3.05) is 26.4 Å². The molecule has 0 radical (unpaired) electrons. The molecule has 0 aromatic rings. The van der Waals surface area contributed by atoms with Gasteiger partial charge in [0.1, 0.15) is 0 Å². The first-order valence-electron chi connectivity index (χ1n) is 6.68. The van der Waals surface area contributed by atoms with Crippen LogP contribution in [0.3, 0.4) is 0 Å². The second-order valence-corrected chi connectivity index (χ2v) is 4.16. The van der Waals surface area contributed by atoms with Gasteiger partial charge in [0.25, 0.3) is 0 Å². The molecule has 0 amide bonds. The first-order chi connectivity index (χ1) is 7.76. The summed E-state index contributed by atoms with van der Waals surface area (Å²) in [7, 11) is 0. The van der Waals surface area contributed by atoms with E-state index in [1.807, 2.05) is 0 Å². The van der Waals surface area contributed by atoms with Crippen LogP contribution in [0.4, 0.5) is 0 Å². The van der Waals surface area contributed by atoms with Gasteiger partial charge in [-0.05, 0) is 32.7 Å². The number of hydrogen-bond donors (Lipinski definition) is 1. The minimum absolute atomic E-state index is 0.266. The Bertz CT molecular complexity index is 142. The van der Waals surface area contributed by atoms with E-state index in [0.29, 0.717) is 19.3 Å². The van der Waals surface area contributed by atoms with Crippen LogP contribution in [-0.4, -0.2) is 38.5 Å². The molecule has 0 rings (SSSR count). The molecule has 0 saturated carbocycles. The first kappa shape index (κ1) is 15.9. The fourth-order valence-corrected chi connectivity index (χ4v) is 1.63. The van der Waals surface area contributed by atoms with Gasteiger partial charge < -0.3 is 14.8 Å². The summed E-state index contributed by atoms with van der Waals surface area (Å²) in [5.41, 5.74) is 0. The van der Waals surface area contributed by atoms with E-state index in [4.69, 9.17) is 9.47 Å². The van der Waals surface area contributed by atoms with E-state index in [2.05, 4.69) is 33.0 Å². The molecule has 0 bridgehead atoms. The van der Waals surface area contributed by atoms with Crippen molar-refractivity contribution in [3.63, 3.8) is 0 Å². The van der Waals surface area contributed by atoms with Crippen LogP contribution in [0, 0.1) is 0 Å². The van der Waals surface area contributed by atoms with E-state index in [1.54, 1.807) is 0 Å². The second-order valence-electron chi connectivity index (χ2n) is 4.16. The maximum absolute atomic E-state index is 5.75. The highest BCUT2D eigenvalue weighted by atomic mass is 16.5. The van der Waals surface area contributed by atoms with Crippen LogP contribution < -0.4 is 5.32 Å². The third kappa shape index (κ3) is 8.08. The highest BCUT2D eigenvalue weighted by molar-refractivity contribution is 4.71. The van der Waals surface area contributed by atoms with Gasteiger partial charge in [0.05, 0.1) is 19.3 Å². The van der Waals surface area contributed by atoms with E-state index in [9.17, 15) is 0 Å². The summed E-state index contributed by atoms with van der Waals surface area (Å²) in [5, 5.41) is 3.51. The van der Waals surface area contributed by atoms with Crippen LogP contribution in [0.5, 0.6) is 0 Å². The zero-order valence-corrected chi connectivity index (χ0v) is 11.4. The van der Waals surface area contributed by atoms with Gasteiger partial charge in [-0.2, -0.15) is 0 Å². The summed E-state index contributed by atoms with van der Waals surface area (Å²) in [6.07, 6.45) is 3.62. The van der Waals surface area contributed by atoms with Gasteiger partial charge in [0.2, 0.25) is 0 Å². The molecular weight excluding hydrogens is 202 g/mol. The Kier molecular flexibility index (Phi) is 11.3. The quantitative estimate of drug-likeness (QED) is 0.554. The van der Waals surface area contributed by atoms with Crippen molar-refractivity contribution < 1.29 is 9.47 Å².